The lowest BCUT2D eigenvalue weighted by molar-refractivity contribution is 0.0375. The van der Waals surface area contributed by atoms with E-state index in [9.17, 15) is 9.59 Å². The zero-order chi connectivity index (χ0) is 15.4. The van der Waals surface area contributed by atoms with Gasteiger partial charge in [-0.25, -0.2) is 9.59 Å². The number of nitrogens with zero attached hydrogens (tertiary/aromatic N) is 1. The second-order valence-corrected chi connectivity index (χ2v) is 5.16. The molecule has 0 bridgehead atoms. The summed E-state index contributed by atoms with van der Waals surface area (Å²) in [5.41, 5.74) is 1.66. The van der Waals surface area contributed by atoms with E-state index in [4.69, 9.17) is 9.47 Å². The van der Waals surface area contributed by atoms with Crippen molar-refractivity contribution in [2.45, 2.75) is 53.8 Å². The average molecular weight is 279 g/mol. The number of hydrogen-bond donors (Lipinski definition) is 0. The first-order valence-electron chi connectivity index (χ1n) is 6.62. The van der Waals surface area contributed by atoms with Crippen molar-refractivity contribution in [3.8, 4) is 0 Å². The molecule has 1 aromatic rings. The summed E-state index contributed by atoms with van der Waals surface area (Å²) in [5, 5.41) is 0. The lowest BCUT2D eigenvalue weighted by Crippen LogP contribution is -2.18. The number of rotatable bonds is 4. The van der Waals surface area contributed by atoms with Gasteiger partial charge in [-0.1, -0.05) is 0 Å². The Labute approximate surface area is 119 Å². The van der Waals surface area contributed by atoms with Gasteiger partial charge in [-0.3, -0.25) is 4.98 Å². The molecule has 0 saturated carbocycles. The van der Waals surface area contributed by atoms with Gasteiger partial charge in [0, 0.05) is 0 Å². The standard InChI is InChI=1S/C15H21NO4/c1-8(2)19-14(17)12-7-13(11(6)16-10(12)5)15(18)20-9(3)4/h7-9H,1-6H3. The number of aromatic nitrogens is 1. The molecule has 0 aliphatic rings. The van der Waals surface area contributed by atoms with Crippen molar-refractivity contribution in [2.75, 3.05) is 0 Å². The Balaban J connectivity index is 3.15. The van der Waals surface area contributed by atoms with Crippen LogP contribution in [0.25, 0.3) is 0 Å². The maximum absolute atomic E-state index is 12.0. The molecule has 0 amide bonds. The minimum absolute atomic E-state index is 0.228. The summed E-state index contributed by atoms with van der Waals surface area (Å²) in [6, 6.07) is 1.49. The van der Waals surface area contributed by atoms with Crippen LogP contribution in [-0.2, 0) is 9.47 Å². The first-order valence-corrected chi connectivity index (χ1v) is 6.62. The Kier molecular flexibility index (Phi) is 5.25. The highest BCUT2D eigenvalue weighted by atomic mass is 16.5. The van der Waals surface area contributed by atoms with E-state index >= 15 is 0 Å². The van der Waals surface area contributed by atoms with Crippen LogP contribution in [0.1, 0.15) is 59.8 Å². The zero-order valence-corrected chi connectivity index (χ0v) is 12.8. The van der Waals surface area contributed by atoms with E-state index in [1.807, 2.05) is 0 Å². The number of esters is 2. The quantitative estimate of drug-likeness (QED) is 0.793. The summed E-state index contributed by atoms with van der Waals surface area (Å²) in [7, 11) is 0. The second kappa shape index (κ2) is 6.50. The Bertz CT molecular complexity index is 478. The molecule has 1 rings (SSSR count). The molecule has 5 nitrogen and oxygen atoms in total. The molecule has 1 heterocycles. The molecule has 0 saturated heterocycles. The van der Waals surface area contributed by atoms with E-state index in [0.717, 1.165) is 0 Å². The van der Waals surface area contributed by atoms with Crippen LogP contribution in [0.2, 0.25) is 0 Å². The summed E-state index contributed by atoms with van der Waals surface area (Å²) < 4.78 is 10.3. The number of ether oxygens (including phenoxy) is 2. The van der Waals surface area contributed by atoms with Crippen LogP contribution in [0.15, 0.2) is 6.07 Å². The van der Waals surface area contributed by atoms with Crippen molar-refractivity contribution >= 4 is 11.9 Å². The molecular formula is C15H21NO4. The zero-order valence-electron chi connectivity index (χ0n) is 12.8. The molecule has 0 aliphatic heterocycles. The summed E-state index contributed by atoms with van der Waals surface area (Å²) >= 11 is 0. The van der Waals surface area contributed by atoms with E-state index in [-0.39, 0.29) is 12.2 Å². The first kappa shape index (κ1) is 16.1. The van der Waals surface area contributed by atoms with E-state index in [2.05, 4.69) is 4.98 Å². The Hall–Kier alpha value is -1.91. The highest BCUT2D eigenvalue weighted by Gasteiger charge is 2.20. The number of pyridine rings is 1. The topological polar surface area (TPSA) is 65.5 Å². The van der Waals surface area contributed by atoms with Gasteiger partial charge in [0.2, 0.25) is 0 Å². The van der Waals surface area contributed by atoms with Crippen molar-refractivity contribution in [1.29, 1.82) is 0 Å². The minimum atomic E-state index is -0.483. The highest BCUT2D eigenvalue weighted by Crippen LogP contribution is 2.16. The first-order chi connectivity index (χ1) is 9.22. The lowest BCUT2D eigenvalue weighted by Gasteiger charge is -2.13. The summed E-state index contributed by atoms with van der Waals surface area (Å²) in [6.07, 6.45) is -0.455. The fraction of sp³-hybridized carbons (Fsp3) is 0.533. The van der Waals surface area contributed by atoms with Gasteiger partial charge in [0.15, 0.2) is 0 Å². The molecule has 1 aromatic heterocycles. The molecule has 0 N–H and O–H groups in total. The van der Waals surface area contributed by atoms with E-state index in [1.165, 1.54) is 6.07 Å². The summed E-state index contributed by atoms with van der Waals surface area (Å²) in [6.45, 7) is 10.5. The average Bonchev–Trinajstić information content (AvgIpc) is 2.26. The van der Waals surface area contributed by atoms with Crippen LogP contribution in [0, 0.1) is 13.8 Å². The van der Waals surface area contributed by atoms with Gasteiger partial charge in [0.1, 0.15) is 0 Å². The predicted molar refractivity (Wildman–Crippen MR) is 74.8 cm³/mol. The third-order valence-corrected chi connectivity index (χ3v) is 2.53. The predicted octanol–water partition coefficient (Wildman–Crippen LogP) is 2.83. The second-order valence-electron chi connectivity index (χ2n) is 5.16. The Morgan fingerprint density at radius 2 is 1.25 bits per heavy atom. The van der Waals surface area contributed by atoms with Gasteiger partial charge >= 0.3 is 11.9 Å². The number of carbonyl (C=O) groups excluding carboxylic acids is 2. The smallest absolute Gasteiger partial charge is 0.340 e. The fourth-order valence-corrected chi connectivity index (χ4v) is 1.69. The molecule has 0 atom stereocenters. The monoisotopic (exact) mass is 279 g/mol. The number of aryl methyl sites for hydroxylation is 2. The molecule has 0 aliphatic carbocycles. The van der Waals surface area contributed by atoms with Crippen LogP contribution in [-0.4, -0.2) is 29.1 Å². The van der Waals surface area contributed by atoms with Crippen molar-refractivity contribution in [3.63, 3.8) is 0 Å². The normalized spacial score (nSPS) is 10.8. The third kappa shape index (κ3) is 4.05. The van der Waals surface area contributed by atoms with Crippen molar-refractivity contribution in [2.24, 2.45) is 0 Å². The van der Waals surface area contributed by atoms with Gasteiger partial charge in [0.05, 0.1) is 34.7 Å². The van der Waals surface area contributed by atoms with Crippen LogP contribution in [0.3, 0.4) is 0 Å². The SMILES string of the molecule is Cc1nc(C)c(C(=O)OC(C)C)cc1C(=O)OC(C)C. The largest absolute Gasteiger partial charge is 0.459 e. The van der Waals surface area contributed by atoms with Gasteiger partial charge in [-0.05, 0) is 47.6 Å². The molecule has 0 fully saturated rings. The molecule has 20 heavy (non-hydrogen) atoms. The molecule has 0 radical (unpaired) electrons. The third-order valence-electron chi connectivity index (χ3n) is 2.53. The lowest BCUT2D eigenvalue weighted by atomic mass is 10.1. The highest BCUT2D eigenvalue weighted by molar-refractivity contribution is 5.96. The van der Waals surface area contributed by atoms with Crippen molar-refractivity contribution < 1.29 is 19.1 Å². The van der Waals surface area contributed by atoms with E-state index < -0.39 is 11.9 Å². The molecule has 0 spiro atoms. The van der Waals surface area contributed by atoms with Gasteiger partial charge in [-0.15, -0.1) is 0 Å². The maximum Gasteiger partial charge on any atom is 0.340 e. The van der Waals surface area contributed by atoms with E-state index in [0.29, 0.717) is 22.5 Å². The van der Waals surface area contributed by atoms with Crippen molar-refractivity contribution in [3.05, 3.63) is 28.6 Å². The van der Waals surface area contributed by atoms with E-state index in [1.54, 1.807) is 41.5 Å². The van der Waals surface area contributed by atoms with Crippen LogP contribution >= 0.6 is 0 Å². The molecule has 0 unspecified atom stereocenters. The van der Waals surface area contributed by atoms with Gasteiger partial charge in [0.25, 0.3) is 0 Å². The summed E-state index contributed by atoms with van der Waals surface area (Å²) in [5.74, 6) is -0.966. The maximum atomic E-state index is 12.0. The summed E-state index contributed by atoms with van der Waals surface area (Å²) in [4.78, 5) is 28.2. The van der Waals surface area contributed by atoms with Gasteiger partial charge in [-0.2, -0.15) is 0 Å². The Morgan fingerprint density at radius 3 is 1.55 bits per heavy atom. The van der Waals surface area contributed by atoms with Gasteiger partial charge < -0.3 is 9.47 Å². The minimum Gasteiger partial charge on any atom is -0.459 e. The molecular weight excluding hydrogens is 258 g/mol. The van der Waals surface area contributed by atoms with Crippen LogP contribution in [0.4, 0.5) is 0 Å². The van der Waals surface area contributed by atoms with Crippen LogP contribution < -0.4 is 0 Å². The molecule has 5 heteroatoms. The number of carbonyl (C=O) groups is 2. The number of hydrogen-bond acceptors (Lipinski definition) is 5. The Morgan fingerprint density at radius 1 is 0.900 bits per heavy atom. The van der Waals surface area contributed by atoms with Crippen molar-refractivity contribution in [1.82, 2.24) is 4.98 Å². The molecule has 110 valence electrons. The van der Waals surface area contributed by atoms with Crippen LogP contribution in [0.5, 0.6) is 0 Å². The molecule has 0 aromatic carbocycles. The fourth-order valence-electron chi connectivity index (χ4n) is 1.69.